The Morgan fingerprint density at radius 2 is 1.79 bits per heavy atom. The van der Waals surface area contributed by atoms with Gasteiger partial charge in [-0.2, -0.15) is 5.10 Å². The van der Waals surface area contributed by atoms with Crippen LogP contribution in [-0.4, -0.2) is 41.9 Å². The summed E-state index contributed by atoms with van der Waals surface area (Å²) in [6.45, 7) is 0. The Hall–Kier alpha value is -3.35. The van der Waals surface area contributed by atoms with E-state index in [-0.39, 0.29) is 31.2 Å². The van der Waals surface area contributed by atoms with Crippen LogP contribution in [0.3, 0.4) is 0 Å². The minimum Gasteiger partial charge on any atom is -0.493 e. The van der Waals surface area contributed by atoms with Gasteiger partial charge in [0.15, 0.2) is 11.5 Å². The van der Waals surface area contributed by atoms with Gasteiger partial charge in [-0.25, -0.2) is 5.01 Å². The van der Waals surface area contributed by atoms with Crippen molar-refractivity contribution in [3.63, 3.8) is 0 Å². The molecule has 152 valence electrons. The van der Waals surface area contributed by atoms with Crippen LogP contribution in [0.25, 0.3) is 0 Å². The quantitative estimate of drug-likeness (QED) is 0.736. The predicted molar refractivity (Wildman–Crippen MR) is 108 cm³/mol. The van der Waals surface area contributed by atoms with Crippen LogP contribution in [0.1, 0.15) is 42.9 Å². The molecule has 1 N–H and O–H groups in total. The third-order valence-electron chi connectivity index (χ3n) is 4.85. The van der Waals surface area contributed by atoms with Crippen LogP contribution < -0.4 is 9.47 Å². The molecular weight excluding hydrogens is 372 g/mol. The van der Waals surface area contributed by atoms with Gasteiger partial charge in [0.1, 0.15) is 0 Å². The summed E-state index contributed by atoms with van der Waals surface area (Å²) in [5.41, 5.74) is 2.65. The second kappa shape index (κ2) is 9.23. The summed E-state index contributed by atoms with van der Waals surface area (Å²) in [6.07, 6.45) is 0.918. The van der Waals surface area contributed by atoms with Crippen molar-refractivity contribution in [2.45, 2.75) is 31.7 Å². The van der Waals surface area contributed by atoms with E-state index in [9.17, 15) is 9.59 Å². The first kappa shape index (κ1) is 20.4. The largest absolute Gasteiger partial charge is 0.493 e. The van der Waals surface area contributed by atoms with E-state index in [4.69, 9.17) is 14.6 Å². The monoisotopic (exact) mass is 396 g/mol. The van der Waals surface area contributed by atoms with Gasteiger partial charge in [-0.15, -0.1) is 0 Å². The average molecular weight is 396 g/mol. The van der Waals surface area contributed by atoms with Crippen LogP contribution in [0.2, 0.25) is 0 Å². The molecule has 0 aliphatic carbocycles. The lowest BCUT2D eigenvalue weighted by Crippen LogP contribution is -2.27. The first-order valence-corrected chi connectivity index (χ1v) is 9.42. The highest BCUT2D eigenvalue weighted by Crippen LogP contribution is 2.37. The lowest BCUT2D eigenvalue weighted by Gasteiger charge is -2.23. The molecule has 0 saturated carbocycles. The smallest absolute Gasteiger partial charge is 0.303 e. The minimum absolute atomic E-state index is 0.0458. The topological polar surface area (TPSA) is 88.4 Å². The molecule has 0 unspecified atom stereocenters. The highest BCUT2D eigenvalue weighted by atomic mass is 16.5. The number of aliphatic carboxylic acids is 1. The van der Waals surface area contributed by atoms with Gasteiger partial charge in [-0.05, 0) is 29.7 Å². The van der Waals surface area contributed by atoms with Crippen molar-refractivity contribution >= 4 is 17.6 Å². The fourth-order valence-electron chi connectivity index (χ4n) is 3.37. The molecule has 7 heteroatoms. The van der Waals surface area contributed by atoms with E-state index in [1.54, 1.807) is 14.2 Å². The molecule has 2 aromatic rings. The number of methoxy groups -OCH3 is 2. The van der Waals surface area contributed by atoms with E-state index >= 15 is 0 Å². The number of amides is 1. The molecule has 0 saturated heterocycles. The molecule has 0 radical (unpaired) electrons. The van der Waals surface area contributed by atoms with Crippen LogP contribution in [-0.2, 0) is 9.59 Å². The molecule has 2 aromatic carbocycles. The summed E-state index contributed by atoms with van der Waals surface area (Å²) in [5.74, 6) is 0.0790. The first-order valence-electron chi connectivity index (χ1n) is 9.42. The number of nitrogens with zero attached hydrogens (tertiary/aromatic N) is 2. The number of ether oxygens (including phenoxy) is 2. The molecule has 7 nitrogen and oxygen atoms in total. The number of hydrogen-bond acceptors (Lipinski definition) is 5. The normalized spacial score (nSPS) is 15.7. The van der Waals surface area contributed by atoms with Crippen molar-refractivity contribution in [1.29, 1.82) is 0 Å². The van der Waals surface area contributed by atoms with Gasteiger partial charge in [0.25, 0.3) is 0 Å². The number of rotatable bonds is 8. The molecule has 1 aliphatic heterocycles. The SMILES string of the molecule is COc1ccc([C@H]2CC(c3ccccc3)=NN2C(=O)CCCC(=O)O)cc1OC. The van der Waals surface area contributed by atoms with Crippen molar-refractivity contribution in [3.8, 4) is 11.5 Å². The third kappa shape index (κ3) is 4.74. The van der Waals surface area contributed by atoms with Crippen LogP contribution in [0, 0.1) is 0 Å². The summed E-state index contributed by atoms with van der Waals surface area (Å²) in [6, 6.07) is 15.0. The van der Waals surface area contributed by atoms with Gasteiger partial charge in [0, 0.05) is 19.3 Å². The number of carboxylic acid groups (broad SMARTS) is 1. The maximum Gasteiger partial charge on any atom is 0.303 e. The molecule has 0 bridgehead atoms. The Kier molecular flexibility index (Phi) is 6.49. The van der Waals surface area contributed by atoms with Crippen molar-refractivity contribution in [2.75, 3.05) is 14.2 Å². The maximum absolute atomic E-state index is 12.8. The molecule has 3 rings (SSSR count). The Labute approximate surface area is 169 Å². The van der Waals surface area contributed by atoms with Crippen molar-refractivity contribution in [1.82, 2.24) is 5.01 Å². The number of carbonyl (C=O) groups excluding carboxylic acids is 1. The number of carboxylic acids is 1. The first-order chi connectivity index (χ1) is 14.0. The molecule has 1 aliphatic rings. The number of hydrazone groups is 1. The minimum atomic E-state index is -0.913. The van der Waals surface area contributed by atoms with E-state index in [1.165, 1.54) is 5.01 Å². The molecule has 0 spiro atoms. The molecule has 0 fully saturated rings. The second-order valence-electron chi connectivity index (χ2n) is 6.73. The highest BCUT2D eigenvalue weighted by Gasteiger charge is 2.33. The summed E-state index contributed by atoms with van der Waals surface area (Å²) < 4.78 is 10.7. The zero-order valence-electron chi connectivity index (χ0n) is 16.5. The maximum atomic E-state index is 12.8. The van der Waals surface area contributed by atoms with Crippen LogP contribution in [0.4, 0.5) is 0 Å². The summed E-state index contributed by atoms with van der Waals surface area (Å²) in [7, 11) is 3.14. The molecule has 1 atom stereocenters. The van der Waals surface area contributed by atoms with Crippen LogP contribution in [0.5, 0.6) is 11.5 Å². The Balaban J connectivity index is 1.89. The lowest BCUT2D eigenvalue weighted by atomic mass is 9.98. The van der Waals surface area contributed by atoms with Gasteiger partial charge in [-0.1, -0.05) is 36.4 Å². The molecule has 29 heavy (non-hydrogen) atoms. The van der Waals surface area contributed by atoms with Gasteiger partial charge in [-0.3, -0.25) is 9.59 Å². The molecule has 0 aromatic heterocycles. The summed E-state index contributed by atoms with van der Waals surface area (Å²) in [4.78, 5) is 23.6. The second-order valence-corrected chi connectivity index (χ2v) is 6.73. The van der Waals surface area contributed by atoms with Crippen molar-refractivity contribution in [3.05, 3.63) is 59.7 Å². The third-order valence-corrected chi connectivity index (χ3v) is 4.85. The Morgan fingerprint density at radius 1 is 1.07 bits per heavy atom. The highest BCUT2D eigenvalue weighted by molar-refractivity contribution is 6.03. The van der Waals surface area contributed by atoms with Crippen molar-refractivity contribution < 1.29 is 24.2 Å². The number of benzene rings is 2. The molecule has 1 amide bonds. The molecular formula is C22H24N2O5. The van der Waals surface area contributed by atoms with E-state index in [1.807, 2.05) is 48.5 Å². The number of hydrogen-bond donors (Lipinski definition) is 1. The van der Waals surface area contributed by atoms with Crippen LogP contribution in [0.15, 0.2) is 53.6 Å². The lowest BCUT2D eigenvalue weighted by molar-refractivity contribution is -0.137. The fourth-order valence-corrected chi connectivity index (χ4v) is 3.37. The van der Waals surface area contributed by atoms with Gasteiger partial charge in [0.2, 0.25) is 5.91 Å². The Morgan fingerprint density at radius 3 is 2.45 bits per heavy atom. The standard InChI is InChI=1S/C22H24N2O5/c1-28-19-12-11-16(13-20(19)29-2)18-14-17(15-7-4-3-5-8-15)23-24(18)21(25)9-6-10-22(26)27/h3-5,7-8,11-13,18H,6,9-10,14H2,1-2H3,(H,26,27)/t18-/m1/s1. The predicted octanol–water partition coefficient (Wildman–Crippen LogP) is 3.64. The number of carbonyl (C=O) groups is 2. The fraction of sp³-hybridized carbons (Fsp3) is 0.318. The average Bonchev–Trinajstić information content (AvgIpc) is 3.19. The van der Waals surface area contributed by atoms with E-state index in [0.29, 0.717) is 17.9 Å². The summed E-state index contributed by atoms with van der Waals surface area (Å²) >= 11 is 0. The van der Waals surface area contributed by atoms with E-state index in [2.05, 4.69) is 5.10 Å². The van der Waals surface area contributed by atoms with Gasteiger partial charge < -0.3 is 14.6 Å². The zero-order chi connectivity index (χ0) is 20.8. The van der Waals surface area contributed by atoms with Gasteiger partial charge >= 0.3 is 5.97 Å². The van der Waals surface area contributed by atoms with E-state index < -0.39 is 5.97 Å². The zero-order valence-corrected chi connectivity index (χ0v) is 16.5. The van der Waals surface area contributed by atoms with Crippen LogP contribution >= 0.6 is 0 Å². The van der Waals surface area contributed by atoms with Gasteiger partial charge in [0.05, 0.1) is 26.0 Å². The molecule has 1 heterocycles. The van der Waals surface area contributed by atoms with Crippen molar-refractivity contribution in [2.24, 2.45) is 5.10 Å². The Bertz CT molecular complexity index is 911. The van der Waals surface area contributed by atoms with E-state index in [0.717, 1.165) is 16.8 Å². The summed E-state index contributed by atoms with van der Waals surface area (Å²) in [5, 5.41) is 14.9.